The third-order valence-corrected chi connectivity index (χ3v) is 4.74. The number of hydrogen-bond acceptors (Lipinski definition) is 4. The molecule has 0 radical (unpaired) electrons. The lowest BCUT2D eigenvalue weighted by Gasteiger charge is -2.16. The highest BCUT2D eigenvalue weighted by Crippen LogP contribution is 2.34. The highest BCUT2D eigenvalue weighted by atomic mass is 127. The highest BCUT2D eigenvalue weighted by molar-refractivity contribution is 14.1. The molecule has 3 rings (SSSR count). The van der Waals surface area contributed by atoms with E-state index in [0.717, 1.165) is 17.7 Å². The Morgan fingerprint density at radius 2 is 1.86 bits per heavy atom. The second kappa shape index (κ2) is 9.19. The van der Waals surface area contributed by atoms with Gasteiger partial charge in [0.05, 0.1) is 11.4 Å². The zero-order valence-corrected chi connectivity index (χ0v) is 17.4. The van der Waals surface area contributed by atoms with E-state index >= 15 is 0 Å². The number of nitrogens with one attached hydrogen (secondary N) is 1. The fourth-order valence-electron chi connectivity index (χ4n) is 2.81. The normalized spacial score (nSPS) is 10.6. The molecule has 29 heavy (non-hydrogen) atoms. The van der Waals surface area contributed by atoms with Gasteiger partial charge in [-0.15, -0.1) is 0 Å². The molecule has 0 aliphatic carbocycles. The Hall–Kier alpha value is -2.72. The second-order valence-corrected chi connectivity index (χ2v) is 7.47. The van der Waals surface area contributed by atoms with E-state index in [-0.39, 0.29) is 22.7 Å². The van der Waals surface area contributed by atoms with Crippen molar-refractivity contribution in [2.24, 2.45) is 11.5 Å². The van der Waals surface area contributed by atoms with Crippen LogP contribution in [0.15, 0.2) is 54.6 Å². The standard InChI is InChI=1S/C21H18F2IN3O2/c22-13-9-18(27-17-5-4-14(24)11-16(17)23)20(21(26)28)19(10-13)29-15-3-1-2-12(8-15)6-7-25/h1-5,8-11,27H,6-7,25H2,(H2,26,28). The van der Waals surface area contributed by atoms with E-state index in [1.54, 1.807) is 24.3 Å². The van der Waals surface area contributed by atoms with Crippen molar-refractivity contribution >= 4 is 39.9 Å². The van der Waals surface area contributed by atoms with Crippen molar-refractivity contribution in [1.29, 1.82) is 0 Å². The Labute approximate surface area is 180 Å². The first kappa shape index (κ1) is 21.0. The summed E-state index contributed by atoms with van der Waals surface area (Å²) in [6, 6.07) is 13.7. The third kappa shape index (κ3) is 5.21. The smallest absolute Gasteiger partial charge is 0.254 e. The van der Waals surface area contributed by atoms with E-state index < -0.39 is 17.5 Å². The van der Waals surface area contributed by atoms with E-state index in [1.165, 1.54) is 12.1 Å². The number of primary amides is 1. The van der Waals surface area contributed by atoms with Gasteiger partial charge < -0.3 is 21.5 Å². The molecule has 0 aliphatic heterocycles. The third-order valence-electron chi connectivity index (χ3n) is 4.07. The summed E-state index contributed by atoms with van der Waals surface area (Å²) >= 11 is 1.97. The Morgan fingerprint density at radius 1 is 1.07 bits per heavy atom. The first-order valence-electron chi connectivity index (χ1n) is 8.69. The van der Waals surface area contributed by atoms with Gasteiger partial charge in [0, 0.05) is 9.64 Å². The minimum atomic E-state index is -0.841. The van der Waals surface area contributed by atoms with Crippen molar-refractivity contribution in [2.75, 3.05) is 11.9 Å². The van der Waals surface area contributed by atoms with Crippen LogP contribution >= 0.6 is 22.6 Å². The quantitative estimate of drug-likeness (QED) is 0.403. The Balaban J connectivity index is 2.01. The number of hydrogen-bond donors (Lipinski definition) is 3. The van der Waals surface area contributed by atoms with Crippen molar-refractivity contribution < 1.29 is 18.3 Å². The lowest BCUT2D eigenvalue weighted by atomic mass is 10.1. The van der Waals surface area contributed by atoms with E-state index in [2.05, 4.69) is 5.32 Å². The van der Waals surface area contributed by atoms with E-state index in [9.17, 15) is 13.6 Å². The fourth-order valence-corrected chi connectivity index (χ4v) is 3.26. The van der Waals surface area contributed by atoms with Gasteiger partial charge in [-0.2, -0.15) is 0 Å². The van der Waals surface area contributed by atoms with Gasteiger partial charge in [0.1, 0.15) is 28.7 Å². The molecule has 3 aromatic rings. The van der Waals surface area contributed by atoms with Crippen LogP contribution < -0.4 is 21.5 Å². The van der Waals surface area contributed by atoms with Crippen molar-refractivity contribution in [3.63, 3.8) is 0 Å². The maximum absolute atomic E-state index is 14.3. The average Bonchev–Trinajstić information content (AvgIpc) is 2.64. The van der Waals surface area contributed by atoms with Crippen molar-refractivity contribution in [1.82, 2.24) is 0 Å². The Morgan fingerprint density at radius 3 is 2.55 bits per heavy atom. The Kier molecular flexibility index (Phi) is 6.65. The molecule has 0 bridgehead atoms. The highest BCUT2D eigenvalue weighted by Gasteiger charge is 2.19. The van der Waals surface area contributed by atoms with Crippen molar-refractivity contribution in [2.45, 2.75) is 6.42 Å². The topological polar surface area (TPSA) is 90.4 Å². The molecule has 0 heterocycles. The van der Waals surface area contributed by atoms with E-state index in [0.29, 0.717) is 22.3 Å². The van der Waals surface area contributed by atoms with Gasteiger partial charge in [0.15, 0.2) is 0 Å². The first-order chi connectivity index (χ1) is 13.9. The number of carbonyl (C=O) groups is 1. The van der Waals surface area contributed by atoms with Gasteiger partial charge in [-0.25, -0.2) is 8.78 Å². The number of ether oxygens (including phenoxy) is 1. The van der Waals surface area contributed by atoms with Gasteiger partial charge >= 0.3 is 0 Å². The predicted octanol–water partition coefficient (Wildman–Crippen LogP) is 4.71. The number of rotatable bonds is 7. The van der Waals surface area contributed by atoms with Gasteiger partial charge in [0.25, 0.3) is 5.91 Å². The SMILES string of the molecule is NCCc1cccc(Oc2cc(F)cc(Nc3ccc(I)cc3F)c2C(N)=O)c1. The zero-order valence-electron chi connectivity index (χ0n) is 15.2. The number of nitrogens with two attached hydrogens (primary N) is 2. The molecule has 8 heteroatoms. The first-order valence-corrected chi connectivity index (χ1v) is 9.77. The van der Waals surface area contributed by atoms with E-state index in [1.807, 2.05) is 28.7 Å². The summed E-state index contributed by atoms with van der Waals surface area (Å²) in [5, 5.41) is 2.73. The summed E-state index contributed by atoms with van der Waals surface area (Å²) in [6.45, 7) is 0.464. The van der Waals surface area contributed by atoms with Gasteiger partial charge in [-0.1, -0.05) is 12.1 Å². The molecule has 0 spiro atoms. The minimum Gasteiger partial charge on any atom is -0.456 e. The molecule has 3 aromatic carbocycles. The van der Waals surface area contributed by atoms with Crippen molar-refractivity contribution in [3.8, 4) is 11.5 Å². The number of amides is 1. The monoisotopic (exact) mass is 509 g/mol. The van der Waals surface area contributed by atoms with Crippen LogP contribution in [-0.2, 0) is 6.42 Å². The zero-order chi connectivity index (χ0) is 21.0. The predicted molar refractivity (Wildman–Crippen MR) is 117 cm³/mol. The number of anilines is 2. The van der Waals surface area contributed by atoms with Crippen LogP contribution in [0.25, 0.3) is 0 Å². The van der Waals surface area contributed by atoms with Gasteiger partial charge in [-0.3, -0.25) is 4.79 Å². The molecule has 150 valence electrons. The molecule has 0 aromatic heterocycles. The minimum absolute atomic E-state index is 0.00530. The van der Waals surface area contributed by atoms with Gasteiger partial charge in [-0.05, 0) is 77.5 Å². The van der Waals surface area contributed by atoms with Crippen LogP contribution in [-0.4, -0.2) is 12.5 Å². The summed E-state index contributed by atoms with van der Waals surface area (Å²) in [6.07, 6.45) is 0.641. The van der Waals surface area contributed by atoms with Crippen LogP contribution in [0.3, 0.4) is 0 Å². The number of carbonyl (C=O) groups excluding carboxylic acids is 1. The maximum atomic E-state index is 14.3. The molecule has 0 atom stereocenters. The summed E-state index contributed by atoms with van der Waals surface area (Å²) in [5.74, 6) is -1.73. The molecule has 0 fully saturated rings. The number of benzene rings is 3. The summed E-state index contributed by atoms with van der Waals surface area (Å²) in [5.41, 5.74) is 12.0. The molecular formula is C21H18F2IN3O2. The molecule has 0 aliphatic rings. The molecular weight excluding hydrogens is 491 g/mol. The molecule has 5 N–H and O–H groups in total. The molecule has 1 amide bonds. The van der Waals surface area contributed by atoms with E-state index in [4.69, 9.17) is 16.2 Å². The second-order valence-electron chi connectivity index (χ2n) is 6.23. The largest absolute Gasteiger partial charge is 0.456 e. The average molecular weight is 509 g/mol. The molecule has 0 saturated heterocycles. The summed E-state index contributed by atoms with van der Waals surface area (Å²) in [4.78, 5) is 12.1. The lowest BCUT2D eigenvalue weighted by molar-refractivity contribution is 0.0999. The van der Waals surface area contributed by atoms with Crippen molar-refractivity contribution in [3.05, 3.63) is 80.9 Å². The molecule has 0 unspecified atom stereocenters. The summed E-state index contributed by atoms with van der Waals surface area (Å²) < 4.78 is 34.9. The summed E-state index contributed by atoms with van der Waals surface area (Å²) in [7, 11) is 0. The van der Waals surface area contributed by atoms with Crippen LogP contribution in [0.4, 0.5) is 20.2 Å². The number of halogens is 3. The lowest BCUT2D eigenvalue weighted by Crippen LogP contribution is -2.15. The van der Waals surface area contributed by atoms with Crippen LogP contribution in [0.1, 0.15) is 15.9 Å². The maximum Gasteiger partial charge on any atom is 0.254 e. The van der Waals surface area contributed by atoms with Crippen LogP contribution in [0, 0.1) is 15.2 Å². The Bertz CT molecular complexity index is 1060. The fraction of sp³-hybridized carbons (Fsp3) is 0.0952. The van der Waals surface area contributed by atoms with Crippen LogP contribution in [0.5, 0.6) is 11.5 Å². The van der Waals surface area contributed by atoms with Gasteiger partial charge in [0.2, 0.25) is 0 Å². The molecule has 5 nitrogen and oxygen atoms in total. The molecule has 0 saturated carbocycles. The van der Waals surface area contributed by atoms with Crippen LogP contribution in [0.2, 0.25) is 0 Å².